The van der Waals surface area contributed by atoms with Crippen LogP contribution in [-0.4, -0.2) is 47.4 Å². The van der Waals surface area contributed by atoms with E-state index in [9.17, 15) is 9.18 Å². The molecular formula is C15H21FN2O. The lowest BCUT2D eigenvalue weighted by Crippen LogP contribution is -2.57. The highest BCUT2D eigenvalue weighted by molar-refractivity contribution is 5.94. The monoisotopic (exact) mass is 264 g/mol. The van der Waals surface area contributed by atoms with E-state index in [4.69, 9.17) is 0 Å². The Morgan fingerprint density at radius 2 is 1.74 bits per heavy atom. The van der Waals surface area contributed by atoms with Crippen LogP contribution < -0.4 is 0 Å². The number of benzene rings is 1. The van der Waals surface area contributed by atoms with Crippen molar-refractivity contribution < 1.29 is 9.18 Å². The largest absolute Gasteiger partial charge is 0.336 e. The first-order valence-corrected chi connectivity index (χ1v) is 6.83. The normalized spacial score (nSPS) is 24.5. The van der Waals surface area contributed by atoms with Crippen molar-refractivity contribution in [3.8, 4) is 0 Å². The van der Waals surface area contributed by atoms with Gasteiger partial charge < -0.3 is 4.90 Å². The topological polar surface area (TPSA) is 23.6 Å². The SMILES string of the molecule is CCN1[C@H](C)CN(C(=O)c2ccc(F)cc2)C[C@@H]1C. The maximum atomic E-state index is 12.9. The first-order chi connectivity index (χ1) is 9.02. The van der Waals surface area contributed by atoms with E-state index in [2.05, 4.69) is 25.7 Å². The maximum Gasteiger partial charge on any atom is 0.253 e. The minimum absolute atomic E-state index is 0.00514. The molecule has 1 aliphatic rings. The standard InChI is InChI=1S/C15H21FN2O/c1-4-18-11(2)9-17(10-12(18)3)15(19)13-5-7-14(16)8-6-13/h5-8,11-12H,4,9-10H2,1-3H3/t11-,12+. The zero-order valence-corrected chi connectivity index (χ0v) is 11.8. The molecule has 1 heterocycles. The van der Waals surface area contributed by atoms with Crippen molar-refractivity contribution in [1.82, 2.24) is 9.80 Å². The van der Waals surface area contributed by atoms with Gasteiger partial charge in [-0.1, -0.05) is 6.92 Å². The summed E-state index contributed by atoms with van der Waals surface area (Å²) in [5.41, 5.74) is 0.561. The van der Waals surface area contributed by atoms with Gasteiger partial charge in [0.05, 0.1) is 0 Å². The quantitative estimate of drug-likeness (QED) is 0.819. The first kappa shape index (κ1) is 14.0. The van der Waals surface area contributed by atoms with Crippen LogP contribution in [0.25, 0.3) is 0 Å². The molecule has 2 atom stereocenters. The molecule has 1 saturated heterocycles. The van der Waals surface area contributed by atoms with Crippen molar-refractivity contribution >= 4 is 5.91 Å². The van der Waals surface area contributed by atoms with Crippen LogP contribution >= 0.6 is 0 Å². The second kappa shape index (κ2) is 5.70. The maximum absolute atomic E-state index is 12.9. The molecule has 0 saturated carbocycles. The molecule has 2 rings (SSSR count). The zero-order chi connectivity index (χ0) is 14.0. The number of rotatable bonds is 2. The second-order valence-corrected chi connectivity index (χ2v) is 5.25. The summed E-state index contributed by atoms with van der Waals surface area (Å²) in [6.07, 6.45) is 0. The summed E-state index contributed by atoms with van der Waals surface area (Å²) in [5.74, 6) is -0.316. The summed E-state index contributed by atoms with van der Waals surface area (Å²) in [6.45, 7) is 8.89. The summed E-state index contributed by atoms with van der Waals surface area (Å²) >= 11 is 0. The van der Waals surface area contributed by atoms with Gasteiger partial charge in [0.25, 0.3) is 5.91 Å². The third-order valence-corrected chi connectivity index (χ3v) is 3.85. The van der Waals surface area contributed by atoms with Gasteiger partial charge in [0, 0.05) is 30.7 Å². The van der Waals surface area contributed by atoms with Crippen molar-refractivity contribution in [3.05, 3.63) is 35.6 Å². The molecule has 0 radical (unpaired) electrons. The number of nitrogens with zero attached hydrogens (tertiary/aromatic N) is 2. The van der Waals surface area contributed by atoms with Crippen LogP contribution in [0, 0.1) is 5.82 Å². The highest BCUT2D eigenvalue weighted by atomic mass is 19.1. The van der Waals surface area contributed by atoms with E-state index in [-0.39, 0.29) is 11.7 Å². The van der Waals surface area contributed by atoms with E-state index >= 15 is 0 Å². The van der Waals surface area contributed by atoms with Crippen molar-refractivity contribution in [3.63, 3.8) is 0 Å². The third kappa shape index (κ3) is 2.95. The zero-order valence-electron chi connectivity index (χ0n) is 11.8. The Morgan fingerprint density at radius 3 is 2.21 bits per heavy atom. The molecule has 0 bridgehead atoms. The molecule has 3 nitrogen and oxygen atoms in total. The Labute approximate surface area is 114 Å². The highest BCUT2D eigenvalue weighted by Crippen LogP contribution is 2.17. The predicted octanol–water partition coefficient (Wildman–Crippen LogP) is 2.38. The van der Waals surface area contributed by atoms with E-state index in [0.717, 1.165) is 19.6 Å². The average molecular weight is 264 g/mol. The van der Waals surface area contributed by atoms with Crippen LogP contribution in [0.1, 0.15) is 31.1 Å². The molecule has 1 aromatic carbocycles. The highest BCUT2D eigenvalue weighted by Gasteiger charge is 2.30. The van der Waals surface area contributed by atoms with Gasteiger partial charge in [0.15, 0.2) is 0 Å². The second-order valence-electron chi connectivity index (χ2n) is 5.25. The Morgan fingerprint density at radius 1 is 1.21 bits per heavy atom. The van der Waals surface area contributed by atoms with Crippen LogP contribution in [0.4, 0.5) is 4.39 Å². The van der Waals surface area contributed by atoms with E-state index in [0.29, 0.717) is 17.6 Å². The number of hydrogen-bond donors (Lipinski definition) is 0. The summed E-state index contributed by atoms with van der Waals surface area (Å²) in [4.78, 5) is 16.6. The van der Waals surface area contributed by atoms with Crippen LogP contribution in [0.2, 0.25) is 0 Å². The molecule has 0 aromatic heterocycles. The van der Waals surface area contributed by atoms with Crippen molar-refractivity contribution in [2.24, 2.45) is 0 Å². The lowest BCUT2D eigenvalue weighted by atomic mass is 10.1. The smallest absolute Gasteiger partial charge is 0.253 e. The summed E-state index contributed by atoms with van der Waals surface area (Å²) in [6, 6.07) is 6.50. The number of carbonyl (C=O) groups excluding carboxylic acids is 1. The fraction of sp³-hybridized carbons (Fsp3) is 0.533. The molecule has 104 valence electrons. The number of amides is 1. The van der Waals surface area contributed by atoms with E-state index in [1.807, 2.05) is 4.90 Å². The average Bonchev–Trinajstić information content (AvgIpc) is 2.38. The number of piperazine rings is 1. The van der Waals surface area contributed by atoms with Crippen molar-refractivity contribution in [2.45, 2.75) is 32.9 Å². The van der Waals surface area contributed by atoms with Crippen molar-refractivity contribution in [2.75, 3.05) is 19.6 Å². The fourth-order valence-corrected chi connectivity index (χ4v) is 2.92. The van der Waals surface area contributed by atoms with Gasteiger partial charge in [0.2, 0.25) is 0 Å². The van der Waals surface area contributed by atoms with E-state index < -0.39 is 0 Å². The molecule has 1 aliphatic heterocycles. The Hall–Kier alpha value is -1.42. The van der Waals surface area contributed by atoms with Gasteiger partial charge in [-0.15, -0.1) is 0 Å². The predicted molar refractivity (Wildman–Crippen MR) is 73.6 cm³/mol. The molecule has 0 aliphatic carbocycles. The molecule has 1 aromatic rings. The van der Waals surface area contributed by atoms with Crippen LogP contribution in [-0.2, 0) is 0 Å². The Kier molecular flexibility index (Phi) is 4.20. The lowest BCUT2D eigenvalue weighted by molar-refractivity contribution is 0.0330. The van der Waals surface area contributed by atoms with Gasteiger partial charge >= 0.3 is 0 Å². The third-order valence-electron chi connectivity index (χ3n) is 3.85. The van der Waals surface area contributed by atoms with Gasteiger partial charge in [-0.05, 0) is 44.7 Å². The minimum atomic E-state index is -0.311. The number of hydrogen-bond acceptors (Lipinski definition) is 2. The molecule has 19 heavy (non-hydrogen) atoms. The van der Waals surface area contributed by atoms with Crippen LogP contribution in [0.15, 0.2) is 24.3 Å². The minimum Gasteiger partial charge on any atom is -0.336 e. The van der Waals surface area contributed by atoms with Gasteiger partial charge in [-0.2, -0.15) is 0 Å². The fourth-order valence-electron chi connectivity index (χ4n) is 2.92. The summed E-state index contributed by atoms with van der Waals surface area (Å²) in [7, 11) is 0. The molecule has 4 heteroatoms. The molecule has 0 spiro atoms. The molecule has 1 fully saturated rings. The molecule has 1 amide bonds. The number of carbonyl (C=O) groups is 1. The molecular weight excluding hydrogens is 243 g/mol. The van der Waals surface area contributed by atoms with E-state index in [1.165, 1.54) is 12.1 Å². The van der Waals surface area contributed by atoms with Gasteiger partial charge in [-0.25, -0.2) is 4.39 Å². The number of likely N-dealkylation sites (N-methyl/N-ethyl adjacent to an activating group) is 1. The number of halogens is 1. The van der Waals surface area contributed by atoms with Crippen LogP contribution in [0.5, 0.6) is 0 Å². The summed E-state index contributed by atoms with van der Waals surface area (Å²) < 4.78 is 12.9. The van der Waals surface area contributed by atoms with Gasteiger partial charge in [0.1, 0.15) is 5.82 Å². The van der Waals surface area contributed by atoms with Crippen molar-refractivity contribution in [1.29, 1.82) is 0 Å². The summed E-state index contributed by atoms with van der Waals surface area (Å²) in [5, 5.41) is 0. The van der Waals surface area contributed by atoms with Crippen LogP contribution in [0.3, 0.4) is 0 Å². The van der Waals surface area contributed by atoms with Gasteiger partial charge in [-0.3, -0.25) is 9.69 Å². The lowest BCUT2D eigenvalue weighted by Gasteiger charge is -2.44. The Bertz CT molecular complexity index is 434. The Balaban J connectivity index is 2.10. The first-order valence-electron chi connectivity index (χ1n) is 6.83. The van der Waals surface area contributed by atoms with E-state index in [1.54, 1.807) is 12.1 Å². The molecule has 0 N–H and O–H groups in total. The molecule has 0 unspecified atom stereocenters.